The van der Waals surface area contributed by atoms with Gasteiger partial charge in [-0.1, -0.05) is 6.07 Å². The number of ether oxygens (including phenoxy) is 1. The SMILES string of the molecule is CC1(Oc2ccc3c(c2)CNCC3)CSC1. The van der Waals surface area contributed by atoms with Gasteiger partial charge < -0.3 is 10.1 Å². The largest absolute Gasteiger partial charge is 0.486 e. The van der Waals surface area contributed by atoms with E-state index < -0.39 is 0 Å². The maximum atomic E-state index is 6.06. The molecule has 1 saturated heterocycles. The summed E-state index contributed by atoms with van der Waals surface area (Å²) in [5.41, 5.74) is 2.94. The summed E-state index contributed by atoms with van der Waals surface area (Å²) in [6.07, 6.45) is 1.14. The number of rotatable bonds is 2. The summed E-state index contributed by atoms with van der Waals surface area (Å²) >= 11 is 1.95. The van der Waals surface area contributed by atoms with Gasteiger partial charge in [0.1, 0.15) is 11.4 Å². The van der Waals surface area contributed by atoms with E-state index in [0.29, 0.717) is 0 Å². The van der Waals surface area contributed by atoms with Gasteiger partial charge in [0.15, 0.2) is 0 Å². The summed E-state index contributed by atoms with van der Waals surface area (Å²) < 4.78 is 6.06. The number of hydrogen-bond donors (Lipinski definition) is 1. The normalized spacial score (nSPS) is 22.1. The Morgan fingerprint density at radius 3 is 2.94 bits per heavy atom. The average Bonchev–Trinajstić information content (AvgIpc) is 2.27. The molecule has 1 aromatic carbocycles. The van der Waals surface area contributed by atoms with Crippen LogP contribution in [-0.2, 0) is 13.0 Å². The first kappa shape index (κ1) is 10.5. The number of fused-ring (bicyclic) bond motifs is 1. The summed E-state index contributed by atoms with van der Waals surface area (Å²) in [5, 5.41) is 3.40. The molecule has 0 atom stereocenters. The van der Waals surface area contributed by atoms with Crippen molar-refractivity contribution in [2.45, 2.75) is 25.5 Å². The molecule has 0 aliphatic carbocycles. The second-order valence-electron chi connectivity index (χ2n) is 4.90. The third-order valence-corrected chi connectivity index (χ3v) is 4.87. The van der Waals surface area contributed by atoms with Crippen LogP contribution < -0.4 is 10.1 Å². The Hall–Kier alpha value is -0.670. The van der Waals surface area contributed by atoms with Crippen molar-refractivity contribution in [3.8, 4) is 5.75 Å². The maximum Gasteiger partial charge on any atom is 0.124 e. The molecule has 0 spiro atoms. The highest BCUT2D eigenvalue weighted by Gasteiger charge is 2.35. The Balaban J connectivity index is 1.80. The molecule has 2 aliphatic rings. The molecule has 0 aromatic heterocycles. The van der Waals surface area contributed by atoms with Crippen molar-refractivity contribution in [1.29, 1.82) is 0 Å². The molecule has 3 rings (SSSR count). The van der Waals surface area contributed by atoms with Crippen LogP contribution in [0.15, 0.2) is 18.2 Å². The first-order chi connectivity index (χ1) is 7.75. The number of benzene rings is 1. The van der Waals surface area contributed by atoms with E-state index in [-0.39, 0.29) is 5.60 Å². The molecule has 1 N–H and O–H groups in total. The second kappa shape index (κ2) is 3.97. The predicted molar refractivity (Wildman–Crippen MR) is 68.2 cm³/mol. The Labute approximate surface area is 101 Å². The van der Waals surface area contributed by atoms with Crippen molar-refractivity contribution in [3.63, 3.8) is 0 Å². The van der Waals surface area contributed by atoms with Crippen molar-refractivity contribution < 1.29 is 4.74 Å². The van der Waals surface area contributed by atoms with Gasteiger partial charge in [-0.15, -0.1) is 0 Å². The highest BCUT2D eigenvalue weighted by Crippen LogP contribution is 2.34. The molecule has 2 aliphatic heterocycles. The molecular formula is C13H17NOS. The lowest BCUT2D eigenvalue weighted by Crippen LogP contribution is -2.45. The van der Waals surface area contributed by atoms with E-state index in [2.05, 4.69) is 30.4 Å². The first-order valence-corrected chi connectivity index (χ1v) is 7.00. The quantitative estimate of drug-likeness (QED) is 0.849. The lowest BCUT2D eigenvalue weighted by atomic mass is 10.0. The zero-order valence-corrected chi connectivity index (χ0v) is 10.4. The van der Waals surface area contributed by atoms with E-state index >= 15 is 0 Å². The van der Waals surface area contributed by atoms with E-state index in [4.69, 9.17) is 4.74 Å². The lowest BCUT2D eigenvalue weighted by Gasteiger charge is -2.38. The summed E-state index contributed by atoms with van der Waals surface area (Å²) in [4.78, 5) is 0. The third-order valence-electron chi connectivity index (χ3n) is 3.24. The molecule has 0 radical (unpaired) electrons. The predicted octanol–water partition coefficient (Wildman–Crippen LogP) is 2.22. The van der Waals surface area contributed by atoms with Crippen LogP contribution in [0.5, 0.6) is 5.75 Å². The molecule has 0 amide bonds. The monoisotopic (exact) mass is 235 g/mol. The van der Waals surface area contributed by atoms with Gasteiger partial charge in [-0.3, -0.25) is 0 Å². The van der Waals surface area contributed by atoms with E-state index in [1.165, 1.54) is 11.1 Å². The smallest absolute Gasteiger partial charge is 0.124 e. The average molecular weight is 235 g/mol. The van der Waals surface area contributed by atoms with E-state index in [9.17, 15) is 0 Å². The van der Waals surface area contributed by atoms with Crippen molar-refractivity contribution in [3.05, 3.63) is 29.3 Å². The Morgan fingerprint density at radius 2 is 2.19 bits per heavy atom. The van der Waals surface area contributed by atoms with Crippen LogP contribution in [0.4, 0.5) is 0 Å². The summed E-state index contributed by atoms with van der Waals surface area (Å²) in [5.74, 6) is 3.26. The van der Waals surface area contributed by atoms with Gasteiger partial charge in [0.05, 0.1) is 0 Å². The van der Waals surface area contributed by atoms with E-state index in [1.54, 1.807) is 0 Å². The molecule has 2 nitrogen and oxygen atoms in total. The minimum atomic E-state index is 0.0704. The fraction of sp³-hybridized carbons (Fsp3) is 0.538. The Kier molecular flexibility index (Phi) is 2.60. The Morgan fingerprint density at radius 1 is 1.31 bits per heavy atom. The Bertz CT molecular complexity index is 401. The minimum Gasteiger partial charge on any atom is -0.486 e. The van der Waals surface area contributed by atoms with Gasteiger partial charge in [-0.2, -0.15) is 11.8 Å². The third kappa shape index (κ3) is 1.94. The molecule has 2 heterocycles. The molecule has 3 heteroatoms. The van der Waals surface area contributed by atoms with E-state index in [1.807, 2.05) is 11.8 Å². The fourth-order valence-electron chi connectivity index (χ4n) is 2.25. The second-order valence-corrected chi connectivity index (χ2v) is 5.89. The van der Waals surface area contributed by atoms with Gasteiger partial charge in [-0.05, 0) is 43.1 Å². The molecule has 86 valence electrons. The fourth-order valence-corrected chi connectivity index (χ4v) is 3.15. The molecule has 1 aromatic rings. The molecule has 0 saturated carbocycles. The topological polar surface area (TPSA) is 21.3 Å². The standard InChI is InChI=1S/C13H17NOS/c1-13(8-16-9-13)15-12-3-2-10-4-5-14-7-11(10)6-12/h2-3,6,14H,4-5,7-9H2,1H3. The number of thioether (sulfide) groups is 1. The molecule has 0 bridgehead atoms. The van der Waals surface area contributed by atoms with Gasteiger partial charge >= 0.3 is 0 Å². The molecule has 16 heavy (non-hydrogen) atoms. The van der Waals surface area contributed by atoms with Crippen molar-refractivity contribution in [2.24, 2.45) is 0 Å². The van der Waals surface area contributed by atoms with Gasteiger partial charge in [0.2, 0.25) is 0 Å². The number of nitrogens with one attached hydrogen (secondary N) is 1. The highest BCUT2D eigenvalue weighted by molar-refractivity contribution is 8.00. The molecule has 0 unspecified atom stereocenters. The molecule has 1 fully saturated rings. The van der Waals surface area contributed by atoms with Crippen LogP contribution in [0, 0.1) is 0 Å². The van der Waals surface area contributed by atoms with Crippen LogP contribution in [-0.4, -0.2) is 23.7 Å². The van der Waals surface area contributed by atoms with Crippen LogP contribution in [0.25, 0.3) is 0 Å². The van der Waals surface area contributed by atoms with Crippen LogP contribution >= 0.6 is 11.8 Å². The zero-order valence-electron chi connectivity index (χ0n) is 9.58. The zero-order chi connectivity index (χ0) is 11.0. The van der Waals surface area contributed by atoms with Crippen LogP contribution in [0.2, 0.25) is 0 Å². The summed E-state index contributed by atoms with van der Waals surface area (Å²) in [6.45, 7) is 4.28. The maximum absolute atomic E-state index is 6.06. The first-order valence-electron chi connectivity index (χ1n) is 5.84. The number of hydrogen-bond acceptors (Lipinski definition) is 3. The van der Waals surface area contributed by atoms with Crippen molar-refractivity contribution in [1.82, 2.24) is 5.32 Å². The highest BCUT2D eigenvalue weighted by atomic mass is 32.2. The van der Waals surface area contributed by atoms with E-state index in [0.717, 1.165) is 36.8 Å². The van der Waals surface area contributed by atoms with Gasteiger partial charge in [-0.25, -0.2) is 0 Å². The molecular weight excluding hydrogens is 218 g/mol. The summed E-state index contributed by atoms with van der Waals surface area (Å²) in [7, 11) is 0. The minimum absolute atomic E-state index is 0.0704. The lowest BCUT2D eigenvalue weighted by molar-refractivity contribution is 0.129. The van der Waals surface area contributed by atoms with Crippen LogP contribution in [0.1, 0.15) is 18.1 Å². The van der Waals surface area contributed by atoms with Crippen molar-refractivity contribution in [2.75, 3.05) is 18.1 Å². The summed E-state index contributed by atoms with van der Waals surface area (Å²) in [6, 6.07) is 6.55. The van der Waals surface area contributed by atoms with Gasteiger partial charge in [0.25, 0.3) is 0 Å². The van der Waals surface area contributed by atoms with Gasteiger partial charge in [0, 0.05) is 18.1 Å². The van der Waals surface area contributed by atoms with Crippen LogP contribution in [0.3, 0.4) is 0 Å². The van der Waals surface area contributed by atoms with Crippen molar-refractivity contribution >= 4 is 11.8 Å².